The van der Waals surface area contributed by atoms with E-state index in [-0.39, 0.29) is 5.69 Å². The van der Waals surface area contributed by atoms with Crippen LogP contribution in [0.5, 0.6) is 0 Å². The van der Waals surface area contributed by atoms with Gasteiger partial charge in [0.1, 0.15) is 5.82 Å². The molecular formula is C14H13N3O2. The van der Waals surface area contributed by atoms with Crippen molar-refractivity contribution >= 4 is 11.8 Å². The first-order valence-corrected chi connectivity index (χ1v) is 6.11. The fraction of sp³-hybridized carbons (Fsp3) is 0.214. The first kappa shape index (κ1) is 11.6. The Bertz CT molecular complexity index is 601. The third kappa shape index (κ3) is 2.54. The fourth-order valence-electron chi connectivity index (χ4n) is 2.15. The summed E-state index contributed by atoms with van der Waals surface area (Å²) < 4.78 is 0. The highest BCUT2D eigenvalue weighted by Crippen LogP contribution is 2.42. The van der Waals surface area contributed by atoms with Crippen molar-refractivity contribution in [3.05, 3.63) is 54.0 Å². The maximum absolute atomic E-state index is 10.8. The van der Waals surface area contributed by atoms with Gasteiger partial charge in [-0.25, -0.2) is 9.78 Å². The lowest BCUT2D eigenvalue weighted by molar-refractivity contribution is 0.0690. The Morgan fingerprint density at radius 1 is 1.26 bits per heavy atom. The zero-order valence-electron chi connectivity index (χ0n) is 10.2. The van der Waals surface area contributed by atoms with Crippen molar-refractivity contribution in [3.63, 3.8) is 0 Å². The minimum absolute atomic E-state index is 0.0399. The van der Waals surface area contributed by atoms with Gasteiger partial charge in [0.15, 0.2) is 5.69 Å². The second kappa shape index (κ2) is 4.68. The van der Waals surface area contributed by atoms with Crippen LogP contribution in [0.2, 0.25) is 0 Å². The van der Waals surface area contributed by atoms with Crippen molar-refractivity contribution in [2.24, 2.45) is 0 Å². The van der Waals surface area contributed by atoms with Crippen LogP contribution >= 0.6 is 0 Å². The van der Waals surface area contributed by atoms with E-state index in [1.165, 1.54) is 11.8 Å². The number of nitrogens with one attached hydrogen (secondary N) is 1. The van der Waals surface area contributed by atoms with E-state index in [2.05, 4.69) is 27.4 Å². The zero-order chi connectivity index (χ0) is 13.2. The average molecular weight is 255 g/mol. The monoisotopic (exact) mass is 255 g/mol. The lowest BCUT2D eigenvalue weighted by Gasteiger charge is -2.05. The van der Waals surface area contributed by atoms with Crippen molar-refractivity contribution in [3.8, 4) is 0 Å². The largest absolute Gasteiger partial charge is 0.476 e. The zero-order valence-corrected chi connectivity index (χ0v) is 10.2. The van der Waals surface area contributed by atoms with Gasteiger partial charge in [-0.2, -0.15) is 0 Å². The van der Waals surface area contributed by atoms with Crippen LogP contribution in [-0.2, 0) is 0 Å². The molecule has 0 radical (unpaired) electrons. The molecule has 3 rings (SSSR count). The Hall–Kier alpha value is -2.43. The van der Waals surface area contributed by atoms with Crippen molar-refractivity contribution in [2.45, 2.75) is 18.4 Å². The summed E-state index contributed by atoms with van der Waals surface area (Å²) in [6.45, 7) is 0. The van der Waals surface area contributed by atoms with Gasteiger partial charge >= 0.3 is 5.97 Å². The summed E-state index contributed by atoms with van der Waals surface area (Å²) in [7, 11) is 0. The maximum atomic E-state index is 10.8. The molecule has 0 bridgehead atoms. The molecule has 1 aromatic heterocycles. The Morgan fingerprint density at radius 2 is 2.05 bits per heavy atom. The molecule has 2 aromatic rings. The van der Waals surface area contributed by atoms with Gasteiger partial charge in [0.2, 0.25) is 0 Å². The van der Waals surface area contributed by atoms with E-state index >= 15 is 0 Å². The molecule has 2 N–H and O–H groups in total. The predicted molar refractivity (Wildman–Crippen MR) is 70.2 cm³/mol. The molecule has 0 saturated heterocycles. The molecule has 5 nitrogen and oxygen atoms in total. The number of rotatable bonds is 4. The number of carboxylic acid groups (broad SMARTS) is 1. The summed E-state index contributed by atoms with van der Waals surface area (Å²) in [4.78, 5) is 18.7. The second-order valence-corrected chi connectivity index (χ2v) is 4.60. The second-order valence-electron chi connectivity index (χ2n) is 4.60. The van der Waals surface area contributed by atoms with E-state index in [0.29, 0.717) is 17.8 Å². The minimum Gasteiger partial charge on any atom is -0.476 e. The van der Waals surface area contributed by atoms with Gasteiger partial charge in [-0.15, -0.1) is 0 Å². The normalized spacial score (nSPS) is 20.8. The highest BCUT2D eigenvalue weighted by atomic mass is 16.4. The number of carboxylic acids is 1. The molecule has 2 unspecified atom stereocenters. The summed E-state index contributed by atoms with van der Waals surface area (Å²) >= 11 is 0. The molecular weight excluding hydrogens is 242 g/mol. The van der Waals surface area contributed by atoms with Crippen molar-refractivity contribution in [1.82, 2.24) is 9.97 Å². The van der Waals surface area contributed by atoms with Crippen LogP contribution in [0.15, 0.2) is 42.7 Å². The van der Waals surface area contributed by atoms with Gasteiger partial charge in [-0.3, -0.25) is 4.98 Å². The molecule has 0 spiro atoms. The highest BCUT2D eigenvalue weighted by molar-refractivity contribution is 5.85. The smallest absolute Gasteiger partial charge is 0.356 e. The Morgan fingerprint density at radius 3 is 2.79 bits per heavy atom. The van der Waals surface area contributed by atoms with Gasteiger partial charge in [-0.05, 0) is 12.0 Å². The number of benzene rings is 1. The summed E-state index contributed by atoms with van der Waals surface area (Å²) in [6, 6.07) is 10.6. The van der Waals surface area contributed by atoms with Crippen molar-refractivity contribution < 1.29 is 9.90 Å². The van der Waals surface area contributed by atoms with Crippen LogP contribution in [0, 0.1) is 0 Å². The molecule has 1 aromatic carbocycles. The first-order chi connectivity index (χ1) is 9.24. The van der Waals surface area contributed by atoms with Crippen LogP contribution in [0.3, 0.4) is 0 Å². The van der Waals surface area contributed by atoms with Crippen LogP contribution in [0.1, 0.15) is 28.4 Å². The predicted octanol–water partition coefficient (Wildman–Crippen LogP) is 2.14. The maximum Gasteiger partial charge on any atom is 0.356 e. The quantitative estimate of drug-likeness (QED) is 0.875. The molecule has 5 heteroatoms. The third-order valence-electron chi connectivity index (χ3n) is 3.21. The van der Waals surface area contributed by atoms with E-state index in [1.807, 2.05) is 18.2 Å². The molecule has 1 heterocycles. The lowest BCUT2D eigenvalue weighted by atomic mass is 10.1. The molecule has 1 aliphatic rings. The van der Waals surface area contributed by atoms with Crippen LogP contribution in [0.4, 0.5) is 5.82 Å². The van der Waals surface area contributed by atoms with Gasteiger partial charge in [0, 0.05) is 12.0 Å². The number of aromatic nitrogens is 2. The molecule has 96 valence electrons. The molecule has 19 heavy (non-hydrogen) atoms. The van der Waals surface area contributed by atoms with Gasteiger partial charge in [0.05, 0.1) is 12.4 Å². The number of aromatic carboxylic acids is 1. The molecule has 1 fully saturated rings. The van der Waals surface area contributed by atoms with Crippen molar-refractivity contribution in [2.75, 3.05) is 5.32 Å². The minimum atomic E-state index is -1.06. The molecule has 2 atom stereocenters. The number of carbonyl (C=O) groups is 1. The van der Waals surface area contributed by atoms with Crippen LogP contribution < -0.4 is 5.32 Å². The standard InChI is InChI=1S/C14H13N3O2/c18-14(19)12-7-15-8-13(17-12)16-11-6-10(11)9-4-2-1-3-5-9/h1-5,7-8,10-11H,6H2,(H,16,17)(H,18,19). The Kier molecular flexibility index (Phi) is 2.87. The molecule has 0 amide bonds. The van der Waals surface area contributed by atoms with Gasteiger partial charge < -0.3 is 10.4 Å². The average Bonchev–Trinajstić information content (AvgIpc) is 3.19. The Labute approximate surface area is 110 Å². The lowest BCUT2D eigenvalue weighted by Crippen LogP contribution is -2.09. The van der Waals surface area contributed by atoms with Crippen LogP contribution in [0.25, 0.3) is 0 Å². The summed E-state index contributed by atoms with van der Waals surface area (Å²) in [6.07, 6.45) is 3.82. The third-order valence-corrected chi connectivity index (χ3v) is 3.21. The molecule has 1 saturated carbocycles. The highest BCUT2D eigenvalue weighted by Gasteiger charge is 2.38. The first-order valence-electron chi connectivity index (χ1n) is 6.11. The summed E-state index contributed by atoms with van der Waals surface area (Å²) in [5, 5.41) is 12.1. The van der Waals surface area contributed by atoms with E-state index in [1.54, 1.807) is 6.20 Å². The molecule has 0 aliphatic heterocycles. The van der Waals surface area contributed by atoms with E-state index < -0.39 is 5.97 Å². The molecule has 1 aliphatic carbocycles. The van der Waals surface area contributed by atoms with E-state index in [4.69, 9.17) is 5.11 Å². The Balaban J connectivity index is 1.68. The summed E-state index contributed by atoms with van der Waals surface area (Å²) in [5.74, 6) is -0.0774. The summed E-state index contributed by atoms with van der Waals surface area (Å²) in [5.41, 5.74) is 1.25. The topological polar surface area (TPSA) is 75.1 Å². The van der Waals surface area contributed by atoms with Crippen LogP contribution in [-0.4, -0.2) is 27.1 Å². The van der Waals surface area contributed by atoms with Crippen molar-refractivity contribution in [1.29, 1.82) is 0 Å². The van der Waals surface area contributed by atoms with E-state index in [0.717, 1.165) is 6.42 Å². The van der Waals surface area contributed by atoms with Gasteiger partial charge in [-0.1, -0.05) is 30.3 Å². The number of hydrogen-bond donors (Lipinski definition) is 2. The number of hydrogen-bond acceptors (Lipinski definition) is 4. The van der Waals surface area contributed by atoms with Gasteiger partial charge in [0.25, 0.3) is 0 Å². The fourth-order valence-corrected chi connectivity index (χ4v) is 2.15. The number of anilines is 1. The van der Waals surface area contributed by atoms with E-state index in [9.17, 15) is 4.79 Å². The SMILES string of the molecule is O=C(O)c1cncc(NC2CC2c2ccccc2)n1. The number of nitrogens with zero attached hydrogens (tertiary/aromatic N) is 2.